The lowest BCUT2D eigenvalue weighted by atomic mass is 9.98. The van der Waals surface area contributed by atoms with E-state index in [9.17, 15) is 18.8 Å². The fourth-order valence-corrected chi connectivity index (χ4v) is 3.39. The van der Waals surface area contributed by atoms with Crippen molar-refractivity contribution in [2.75, 3.05) is 6.54 Å². The van der Waals surface area contributed by atoms with Gasteiger partial charge in [0.15, 0.2) is 0 Å². The molecule has 1 aliphatic rings. The zero-order valence-corrected chi connectivity index (χ0v) is 15.3. The van der Waals surface area contributed by atoms with Gasteiger partial charge in [-0.25, -0.2) is 4.39 Å². The van der Waals surface area contributed by atoms with Crippen molar-refractivity contribution >= 4 is 17.7 Å². The largest absolute Gasteiger partial charge is 0.344 e. The third kappa shape index (κ3) is 3.65. The molecule has 3 aromatic carbocycles. The Labute approximate surface area is 166 Å². The minimum absolute atomic E-state index is 0.295. The fraction of sp³-hybridized carbons (Fsp3) is 0.0870. The van der Waals surface area contributed by atoms with Crippen molar-refractivity contribution in [3.8, 4) is 0 Å². The summed E-state index contributed by atoms with van der Waals surface area (Å²) in [6, 6.07) is 21.0. The molecule has 0 aliphatic carbocycles. The first-order chi connectivity index (χ1) is 14.0. The number of fused-ring (bicyclic) bond motifs is 1. The summed E-state index contributed by atoms with van der Waals surface area (Å²) in [5, 5.41) is 2.86. The van der Waals surface area contributed by atoms with Crippen LogP contribution in [0.4, 0.5) is 4.39 Å². The van der Waals surface area contributed by atoms with Gasteiger partial charge in [0.05, 0.1) is 17.2 Å². The number of amides is 3. The van der Waals surface area contributed by atoms with Gasteiger partial charge in [-0.05, 0) is 35.4 Å². The maximum Gasteiger partial charge on any atom is 0.262 e. The Morgan fingerprint density at radius 2 is 1.31 bits per heavy atom. The van der Waals surface area contributed by atoms with Gasteiger partial charge < -0.3 is 5.32 Å². The van der Waals surface area contributed by atoms with E-state index in [1.165, 1.54) is 12.1 Å². The lowest BCUT2D eigenvalue weighted by Crippen LogP contribution is -2.41. The first-order valence-corrected chi connectivity index (χ1v) is 9.09. The molecule has 0 radical (unpaired) electrons. The molecule has 0 aromatic heterocycles. The van der Waals surface area contributed by atoms with Crippen molar-refractivity contribution in [2.24, 2.45) is 0 Å². The molecular weight excluding hydrogens is 371 g/mol. The summed E-state index contributed by atoms with van der Waals surface area (Å²) in [7, 11) is 0. The number of nitrogens with zero attached hydrogens (tertiary/aromatic N) is 1. The minimum Gasteiger partial charge on any atom is -0.344 e. The van der Waals surface area contributed by atoms with Crippen LogP contribution >= 0.6 is 0 Å². The Balaban J connectivity index is 1.56. The van der Waals surface area contributed by atoms with Crippen LogP contribution in [0.5, 0.6) is 0 Å². The van der Waals surface area contributed by atoms with Gasteiger partial charge in [-0.3, -0.25) is 19.3 Å². The molecule has 0 bridgehead atoms. The molecule has 3 aromatic rings. The van der Waals surface area contributed by atoms with Crippen LogP contribution < -0.4 is 5.32 Å². The lowest BCUT2D eigenvalue weighted by molar-refractivity contribution is -0.121. The van der Waals surface area contributed by atoms with Gasteiger partial charge in [-0.1, -0.05) is 54.6 Å². The Morgan fingerprint density at radius 3 is 1.90 bits per heavy atom. The van der Waals surface area contributed by atoms with Crippen LogP contribution in [0.2, 0.25) is 0 Å². The number of carbonyl (C=O) groups is 3. The second-order valence-corrected chi connectivity index (χ2v) is 6.70. The quantitative estimate of drug-likeness (QED) is 0.682. The summed E-state index contributed by atoms with van der Waals surface area (Å²) >= 11 is 0. The molecule has 6 heteroatoms. The fourth-order valence-electron chi connectivity index (χ4n) is 3.39. The first-order valence-electron chi connectivity index (χ1n) is 9.09. The lowest BCUT2D eigenvalue weighted by Gasteiger charge is -2.21. The summed E-state index contributed by atoms with van der Waals surface area (Å²) in [4.78, 5) is 38.6. The van der Waals surface area contributed by atoms with E-state index < -0.39 is 30.3 Å². The predicted octanol–water partition coefficient (Wildman–Crippen LogP) is 3.33. The van der Waals surface area contributed by atoms with E-state index >= 15 is 0 Å². The molecule has 4 rings (SSSR count). The average Bonchev–Trinajstić information content (AvgIpc) is 2.98. The summed E-state index contributed by atoms with van der Waals surface area (Å²) in [5.41, 5.74) is 2.08. The van der Waals surface area contributed by atoms with Crippen LogP contribution in [-0.4, -0.2) is 29.2 Å². The molecule has 0 saturated carbocycles. The highest BCUT2D eigenvalue weighted by atomic mass is 19.1. The molecule has 29 heavy (non-hydrogen) atoms. The molecule has 0 fully saturated rings. The summed E-state index contributed by atoms with van der Waals surface area (Å²) in [5.74, 6) is -1.84. The van der Waals surface area contributed by atoms with Gasteiger partial charge in [0.2, 0.25) is 5.91 Å². The molecule has 0 saturated heterocycles. The van der Waals surface area contributed by atoms with Gasteiger partial charge in [-0.15, -0.1) is 0 Å². The highest BCUT2D eigenvalue weighted by Crippen LogP contribution is 2.24. The number of hydrogen-bond acceptors (Lipinski definition) is 3. The van der Waals surface area contributed by atoms with Crippen molar-refractivity contribution in [3.63, 3.8) is 0 Å². The summed E-state index contributed by atoms with van der Waals surface area (Å²) < 4.78 is 13.3. The van der Waals surface area contributed by atoms with E-state index in [1.807, 2.05) is 30.3 Å². The molecule has 1 heterocycles. The molecule has 0 spiro atoms. The Kier molecular flexibility index (Phi) is 4.91. The normalized spacial score (nSPS) is 13.9. The van der Waals surface area contributed by atoms with Gasteiger partial charge in [0.25, 0.3) is 11.8 Å². The number of benzene rings is 3. The second kappa shape index (κ2) is 7.67. The molecule has 1 unspecified atom stereocenters. The zero-order chi connectivity index (χ0) is 20.4. The van der Waals surface area contributed by atoms with E-state index in [4.69, 9.17) is 0 Å². The van der Waals surface area contributed by atoms with E-state index in [0.29, 0.717) is 16.7 Å². The molecule has 1 aliphatic heterocycles. The number of rotatable bonds is 5. The highest BCUT2D eigenvalue weighted by molar-refractivity contribution is 6.22. The smallest absolute Gasteiger partial charge is 0.262 e. The number of carbonyl (C=O) groups excluding carboxylic acids is 3. The topological polar surface area (TPSA) is 66.5 Å². The average molecular weight is 388 g/mol. The maximum absolute atomic E-state index is 13.3. The summed E-state index contributed by atoms with van der Waals surface area (Å²) in [6.45, 7) is -0.392. The van der Waals surface area contributed by atoms with E-state index in [1.54, 1.807) is 36.4 Å². The second-order valence-electron chi connectivity index (χ2n) is 6.70. The molecule has 1 atom stereocenters. The van der Waals surface area contributed by atoms with Crippen LogP contribution in [0.3, 0.4) is 0 Å². The van der Waals surface area contributed by atoms with E-state index in [0.717, 1.165) is 10.5 Å². The number of hydrogen-bond donors (Lipinski definition) is 1. The maximum atomic E-state index is 13.3. The van der Waals surface area contributed by atoms with E-state index in [-0.39, 0.29) is 5.82 Å². The van der Waals surface area contributed by atoms with Crippen LogP contribution in [0.1, 0.15) is 37.9 Å². The van der Waals surface area contributed by atoms with Crippen molar-refractivity contribution < 1.29 is 18.8 Å². The Hall–Kier alpha value is -3.80. The monoisotopic (exact) mass is 388 g/mol. The Bertz CT molecular complexity index is 1050. The van der Waals surface area contributed by atoms with Crippen LogP contribution in [-0.2, 0) is 4.79 Å². The Morgan fingerprint density at radius 1 is 0.793 bits per heavy atom. The SMILES string of the molecule is O=C(CN1C(=O)c2ccccc2C1=O)NC(c1ccccc1)c1ccc(F)cc1. The van der Waals surface area contributed by atoms with Gasteiger partial charge >= 0.3 is 0 Å². The van der Waals surface area contributed by atoms with Crippen molar-refractivity contribution in [2.45, 2.75) is 6.04 Å². The van der Waals surface area contributed by atoms with Crippen molar-refractivity contribution in [3.05, 3.63) is 107 Å². The predicted molar refractivity (Wildman–Crippen MR) is 105 cm³/mol. The van der Waals surface area contributed by atoms with E-state index in [2.05, 4.69) is 5.32 Å². The van der Waals surface area contributed by atoms with Gasteiger partial charge in [0.1, 0.15) is 12.4 Å². The molecular formula is C23H17FN2O3. The molecule has 144 valence electrons. The minimum atomic E-state index is -0.542. The number of nitrogens with one attached hydrogen (secondary N) is 1. The van der Waals surface area contributed by atoms with Crippen LogP contribution in [0, 0.1) is 5.82 Å². The van der Waals surface area contributed by atoms with Gasteiger partial charge in [0, 0.05) is 0 Å². The molecule has 1 N–H and O–H groups in total. The third-order valence-corrected chi connectivity index (χ3v) is 4.82. The third-order valence-electron chi connectivity index (χ3n) is 4.82. The number of imide groups is 1. The van der Waals surface area contributed by atoms with Gasteiger partial charge in [-0.2, -0.15) is 0 Å². The highest BCUT2D eigenvalue weighted by Gasteiger charge is 2.36. The molecule has 3 amide bonds. The standard InChI is InChI=1S/C23H17FN2O3/c24-17-12-10-16(11-13-17)21(15-6-2-1-3-7-15)25-20(27)14-26-22(28)18-8-4-5-9-19(18)23(26)29/h1-13,21H,14H2,(H,25,27). The number of halogens is 1. The van der Waals surface area contributed by atoms with Crippen molar-refractivity contribution in [1.29, 1.82) is 0 Å². The van der Waals surface area contributed by atoms with Crippen molar-refractivity contribution in [1.82, 2.24) is 10.2 Å². The first kappa shape index (κ1) is 18.6. The molecule has 5 nitrogen and oxygen atoms in total. The van der Waals surface area contributed by atoms with Crippen LogP contribution in [0.15, 0.2) is 78.9 Å². The summed E-state index contributed by atoms with van der Waals surface area (Å²) in [6.07, 6.45) is 0. The van der Waals surface area contributed by atoms with Crippen LogP contribution in [0.25, 0.3) is 0 Å². The zero-order valence-electron chi connectivity index (χ0n) is 15.3.